The minimum absolute atomic E-state index is 0.310. The minimum Gasteiger partial charge on any atom is -0.493 e. The third-order valence-electron chi connectivity index (χ3n) is 10.7. The van der Waals surface area contributed by atoms with E-state index in [0.717, 1.165) is 34.1 Å². The molecule has 0 saturated carbocycles. The second-order valence-corrected chi connectivity index (χ2v) is 18.9. The van der Waals surface area contributed by atoms with E-state index >= 15 is 0 Å². The van der Waals surface area contributed by atoms with E-state index in [9.17, 15) is 9.59 Å². The third-order valence-corrected chi connectivity index (χ3v) is 14.8. The van der Waals surface area contributed by atoms with E-state index in [1.54, 1.807) is 0 Å². The average Bonchev–Trinajstić information content (AvgIpc) is 3.35. The van der Waals surface area contributed by atoms with Crippen molar-refractivity contribution in [2.45, 2.75) is 12.8 Å². The summed E-state index contributed by atoms with van der Waals surface area (Å²) >= 11 is 0. The van der Waals surface area contributed by atoms with Gasteiger partial charge < -0.3 is 30.3 Å². The van der Waals surface area contributed by atoms with Crippen LogP contribution in [-0.2, 0) is 0 Å². The van der Waals surface area contributed by atoms with Gasteiger partial charge >= 0.3 is 0 Å². The van der Waals surface area contributed by atoms with Crippen LogP contribution in [0.1, 0.15) is 33.6 Å². The molecule has 0 radical (unpaired) electrons. The Hall–Kier alpha value is -7.24. The molecule has 0 saturated heterocycles. The number of ether oxygens (including phenoxy) is 2. The molecule has 1 aliphatic rings. The molecule has 316 valence electrons. The summed E-state index contributed by atoms with van der Waals surface area (Å²) in [6.45, 7) is 0.842. The molecule has 8 aromatic carbocycles. The Morgan fingerprint density at radius 3 is 0.984 bits per heavy atom. The number of rotatable bonds is 12. The van der Waals surface area contributed by atoms with Crippen LogP contribution in [0.4, 0.5) is 22.7 Å². The van der Waals surface area contributed by atoms with Gasteiger partial charge in [-0.15, -0.1) is 0 Å². The van der Waals surface area contributed by atoms with E-state index in [2.05, 4.69) is 69.3 Å². The topological polar surface area (TPSA) is 101 Å². The van der Waals surface area contributed by atoms with Crippen molar-refractivity contribution in [3.05, 3.63) is 217 Å². The van der Waals surface area contributed by atoms with Gasteiger partial charge in [0, 0.05) is 32.6 Å². The van der Waals surface area contributed by atoms with Crippen molar-refractivity contribution in [1.82, 2.24) is 0 Å². The van der Waals surface area contributed by atoms with Crippen molar-refractivity contribution in [3.8, 4) is 22.6 Å². The molecule has 0 unspecified atom stereocenters. The van der Waals surface area contributed by atoms with E-state index in [1.165, 1.54) is 0 Å². The van der Waals surface area contributed by atoms with Crippen LogP contribution in [0.15, 0.2) is 206 Å². The summed E-state index contributed by atoms with van der Waals surface area (Å²) in [5.41, 5.74) is 4.40. The normalized spacial score (nSPS) is 12.2. The first kappa shape index (κ1) is 42.1. The van der Waals surface area contributed by atoms with Crippen molar-refractivity contribution in [2.24, 2.45) is 0 Å². The fourth-order valence-electron chi connectivity index (χ4n) is 7.61. The molecule has 10 heteroatoms. The Kier molecular flexibility index (Phi) is 13.3. The van der Waals surface area contributed by atoms with E-state index < -0.39 is 16.1 Å². The quantitative estimate of drug-likeness (QED) is 0.0912. The lowest BCUT2D eigenvalue weighted by molar-refractivity contribution is 0.101. The average molecular weight is 877 g/mol. The van der Waals surface area contributed by atoms with Crippen LogP contribution >= 0.6 is 16.1 Å². The Bertz CT molecular complexity index is 2550. The van der Waals surface area contributed by atoms with Gasteiger partial charge in [-0.2, -0.15) is 0 Å². The van der Waals surface area contributed by atoms with Crippen molar-refractivity contribution in [2.75, 3.05) is 34.0 Å². The summed E-state index contributed by atoms with van der Waals surface area (Å²) < 4.78 is 13.6. The van der Waals surface area contributed by atoms with Crippen molar-refractivity contribution in [1.29, 1.82) is 0 Å². The SMILES string of the molecule is O=C(Nc1ccccc1)c1ccc2c(c1NP(c1ccccc1)c1ccccc1)-c1c(ccc(C(=O)Nc3ccccc3)c1NP(c1ccccc1)c1ccccc1)OCCCCO2. The summed E-state index contributed by atoms with van der Waals surface area (Å²) in [5.74, 6) is 0.480. The molecule has 64 heavy (non-hydrogen) atoms. The van der Waals surface area contributed by atoms with Gasteiger partial charge in [-0.25, -0.2) is 0 Å². The van der Waals surface area contributed by atoms with Gasteiger partial charge in [0.1, 0.15) is 11.5 Å². The summed E-state index contributed by atoms with van der Waals surface area (Å²) in [7, 11) is -2.67. The molecule has 9 rings (SSSR count). The number of nitrogens with one attached hydrogen (secondary N) is 4. The molecule has 0 aromatic heterocycles. The molecule has 0 atom stereocenters. The lowest BCUT2D eigenvalue weighted by Gasteiger charge is -2.30. The predicted octanol–water partition coefficient (Wildman–Crippen LogP) is 11.3. The first-order valence-electron chi connectivity index (χ1n) is 21.3. The highest BCUT2D eigenvalue weighted by Gasteiger charge is 2.32. The van der Waals surface area contributed by atoms with Crippen molar-refractivity contribution >= 4 is 71.9 Å². The number of hydrogen-bond donors (Lipinski definition) is 4. The first-order valence-corrected chi connectivity index (χ1v) is 24.0. The van der Waals surface area contributed by atoms with Gasteiger partial charge in [-0.3, -0.25) is 9.59 Å². The van der Waals surface area contributed by atoms with E-state index in [1.807, 2.05) is 158 Å². The molecule has 4 N–H and O–H groups in total. The van der Waals surface area contributed by atoms with Gasteiger partial charge in [-0.05, 0) is 61.4 Å². The summed E-state index contributed by atoms with van der Waals surface area (Å²) in [4.78, 5) is 29.8. The summed E-state index contributed by atoms with van der Waals surface area (Å²) in [5, 5.41) is 18.5. The molecule has 0 spiro atoms. The lowest BCUT2D eigenvalue weighted by atomic mass is 9.93. The van der Waals surface area contributed by atoms with Gasteiger partial charge in [0.05, 0.1) is 63.0 Å². The molecule has 0 aliphatic carbocycles. The van der Waals surface area contributed by atoms with Crippen molar-refractivity contribution < 1.29 is 19.1 Å². The van der Waals surface area contributed by atoms with Gasteiger partial charge in [0.2, 0.25) is 0 Å². The zero-order valence-corrected chi connectivity index (χ0v) is 36.8. The fraction of sp³-hybridized carbons (Fsp3) is 0.0741. The number of carbonyl (C=O) groups excluding carboxylic acids is 2. The van der Waals surface area contributed by atoms with Crippen molar-refractivity contribution in [3.63, 3.8) is 0 Å². The number of fused-ring (bicyclic) bond motifs is 3. The Labute approximate surface area is 376 Å². The van der Waals surface area contributed by atoms with E-state index in [-0.39, 0.29) is 11.8 Å². The molecule has 0 bridgehead atoms. The van der Waals surface area contributed by atoms with Crippen LogP contribution in [0.3, 0.4) is 0 Å². The largest absolute Gasteiger partial charge is 0.493 e. The van der Waals surface area contributed by atoms with Gasteiger partial charge in [0.25, 0.3) is 11.8 Å². The van der Waals surface area contributed by atoms with E-state index in [4.69, 9.17) is 9.47 Å². The Morgan fingerprint density at radius 1 is 0.375 bits per heavy atom. The molecule has 1 heterocycles. The number of anilines is 4. The Morgan fingerprint density at radius 2 is 0.672 bits per heavy atom. The monoisotopic (exact) mass is 876 g/mol. The standard InChI is InChI=1S/C54H46N4O4P2/c59-53(55-39-21-7-1-8-22-39)45-33-35-47-49(51(45)57-63(41-25-11-3-12-26-41)42-27-13-4-14-28-42)50-48(62-38-20-19-37-61-47)36-34-46(54(60)56-40-23-9-2-10-24-40)52(50)58-64(43-29-15-5-16-30-43)44-31-17-6-18-32-44/h1-18,21-36,57-58H,19-20,37-38H2,(H,55,59)(H,56,60). The minimum atomic E-state index is -1.33. The highest BCUT2D eigenvalue weighted by molar-refractivity contribution is 7.74. The van der Waals surface area contributed by atoms with Crippen LogP contribution in [0.25, 0.3) is 11.1 Å². The molecule has 0 fully saturated rings. The molecule has 2 amide bonds. The number of amides is 2. The lowest BCUT2D eigenvalue weighted by Crippen LogP contribution is -2.22. The molecule has 1 aliphatic heterocycles. The van der Waals surface area contributed by atoms with Crippen LogP contribution < -0.4 is 51.5 Å². The number of carbonyl (C=O) groups is 2. The zero-order chi connectivity index (χ0) is 43.5. The predicted molar refractivity (Wildman–Crippen MR) is 266 cm³/mol. The van der Waals surface area contributed by atoms with Gasteiger partial charge in [0.15, 0.2) is 0 Å². The first-order chi connectivity index (χ1) is 31.6. The van der Waals surface area contributed by atoms with Crippen LogP contribution in [0, 0.1) is 0 Å². The molecular formula is C54H46N4O4P2. The maximum atomic E-state index is 14.9. The summed E-state index contributed by atoms with van der Waals surface area (Å²) in [6, 6.07) is 67.4. The van der Waals surface area contributed by atoms with Gasteiger partial charge in [-0.1, -0.05) is 158 Å². The summed E-state index contributed by atoms with van der Waals surface area (Å²) in [6.07, 6.45) is 1.51. The second-order valence-electron chi connectivity index (χ2n) is 15.0. The Balaban J connectivity index is 1.34. The van der Waals surface area contributed by atoms with Crippen LogP contribution in [0.5, 0.6) is 11.5 Å². The number of benzene rings is 8. The second kappa shape index (κ2) is 20.3. The fourth-order valence-corrected chi connectivity index (χ4v) is 11.5. The maximum absolute atomic E-state index is 14.9. The smallest absolute Gasteiger partial charge is 0.257 e. The molecular weight excluding hydrogens is 831 g/mol. The highest BCUT2D eigenvalue weighted by atomic mass is 31.1. The van der Waals surface area contributed by atoms with E-state index in [0.29, 0.717) is 69.7 Å². The third kappa shape index (κ3) is 9.70. The van der Waals surface area contributed by atoms with Crippen LogP contribution in [0.2, 0.25) is 0 Å². The number of para-hydroxylation sites is 2. The molecule has 8 nitrogen and oxygen atoms in total. The highest BCUT2D eigenvalue weighted by Crippen LogP contribution is 2.53. The number of hydrogen-bond acceptors (Lipinski definition) is 6. The maximum Gasteiger partial charge on any atom is 0.257 e. The zero-order valence-electron chi connectivity index (χ0n) is 35.0. The van der Waals surface area contributed by atoms with Crippen LogP contribution in [-0.4, -0.2) is 25.0 Å². The molecule has 8 aromatic rings.